The number of benzene rings is 2. The second-order valence-corrected chi connectivity index (χ2v) is 5.47. The first kappa shape index (κ1) is 16.1. The van der Waals surface area contributed by atoms with E-state index < -0.39 is 0 Å². The normalized spacial score (nSPS) is 10.4. The molecule has 22 heavy (non-hydrogen) atoms. The maximum Gasteiger partial charge on any atom is 0.251 e. The van der Waals surface area contributed by atoms with E-state index in [4.69, 9.17) is 4.74 Å². The van der Waals surface area contributed by atoms with Gasteiger partial charge in [-0.1, -0.05) is 24.3 Å². The minimum absolute atomic E-state index is 0.0492. The number of hydrogen-bond donors (Lipinski definition) is 1. The van der Waals surface area contributed by atoms with Crippen LogP contribution in [-0.4, -0.2) is 12.5 Å². The summed E-state index contributed by atoms with van der Waals surface area (Å²) in [6, 6.07) is 11.8. The molecule has 0 spiro atoms. The van der Waals surface area contributed by atoms with Crippen molar-refractivity contribution in [2.75, 3.05) is 6.61 Å². The molecule has 0 heterocycles. The highest BCUT2D eigenvalue weighted by molar-refractivity contribution is 5.95. The summed E-state index contributed by atoms with van der Waals surface area (Å²) in [6.07, 6.45) is 0. The first-order valence-electron chi connectivity index (χ1n) is 7.59. The van der Waals surface area contributed by atoms with Crippen LogP contribution in [0, 0.1) is 20.8 Å². The number of carbonyl (C=O) groups is 1. The maximum atomic E-state index is 12.4. The molecule has 2 aromatic carbocycles. The van der Waals surface area contributed by atoms with E-state index in [-0.39, 0.29) is 5.91 Å². The van der Waals surface area contributed by atoms with E-state index in [9.17, 15) is 4.79 Å². The molecule has 2 aromatic rings. The van der Waals surface area contributed by atoms with Gasteiger partial charge in [-0.15, -0.1) is 0 Å². The lowest BCUT2D eigenvalue weighted by molar-refractivity contribution is 0.0950. The summed E-state index contributed by atoms with van der Waals surface area (Å²) < 4.78 is 5.58. The van der Waals surface area contributed by atoms with E-state index in [2.05, 4.69) is 18.3 Å². The minimum atomic E-state index is -0.0492. The standard InChI is InChI=1S/C19H23NO2/c1-5-22-18-9-7-6-8-16(18)12-20-19(21)17-11-14(3)13(2)10-15(17)4/h6-11H,5,12H2,1-4H3,(H,20,21). The summed E-state index contributed by atoms with van der Waals surface area (Å²) in [5.41, 5.74) is 5.05. The Morgan fingerprint density at radius 2 is 1.73 bits per heavy atom. The van der Waals surface area contributed by atoms with E-state index in [0.29, 0.717) is 13.2 Å². The molecule has 0 fully saturated rings. The zero-order chi connectivity index (χ0) is 16.1. The number of ether oxygens (including phenoxy) is 1. The van der Waals surface area contributed by atoms with Crippen LogP contribution in [-0.2, 0) is 6.54 Å². The first-order valence-corrected chi connectivity index (χ1v) is 7.59. The van der Waals surface area contributed by atoms with Crippen LogP contribution in [0.5, 0.6) is 5.75 Å². The van der Waals surface area contributed by atoms with Crippen LogP contribution in [0.2, 0.25) is 0 Å². The van der Waals surface area contributed by atoms with Crippen LogP contribution in [0.4, 0.5) is 0 Å². The highest BCUT2D eigenvalue weighted by Crippen LogP contribution is 2.19. The highest BCUT2D eigenvalue weighted by atomic mass is 16.5. The molecule has 0 aliphatic rings. The van der Waals surface area contributed by atoms with Crippen molar-refractivity contribution in [1.82, 2.24) is 5.32 Å². The summed E-state index contributed by atoms with van der Waals surface area (Å²) >= 11 is 0. The van der Waals surface area contributed by atoms with Crippen molar-refractivity contribution in [2.24, 2.45) is 0 Å². The Hall–Kier alpha value is -2.29. The van der Waals surface area contributed by atoms with Gasteiger partial charge in [0.15, 0.2) is 0 Å². The molecular formula is C19H23NO2. The van der Waals surface area contributed by atoms with Crippen molar-refractivity contribution in [3.63, 3.8) is 0 Å². The fourth-order valence-electron chi connectivity index (χ4n) is 2.42. The molecule has 0 saturated carbocycles. The molecule has 3 heteroatoms. The summed E-state index contributed by atoms with van der Waals surface area (Å²) in [6.45, 7) is 9.07. The molecule has 116 valence electrons. The Bertz CT molecular complexity index is 677. The lowest BCUT2D eigenvalue weighted by Crippen LogP contribution is -2.24. The van der Waals surface area contributed by atoms with Gasteiger partial charge in [-0.25, -0.2) is 0 Å². The fourth-order valence-corrected chi connectivity index (χ4v) is 2.42. The fraction of sp³-hybridized carbons (Fsp3) is 0.316. The van der Waals surface area contributed by atoms with Gasteiger partial charge in [-0.2, -0.15) is 0 Å². The molecule has 0 atom stereocenters. The van der Waals surface area contributed by atoms with Gasteiger partial charge in [-0.3, -0.25) is 4.79 Å². The van der Waals surface area contributed by atoms with Crippen LogP contribution in [0.1, 0.15) is 39.5 Å². The molecule has 0 aliphatic carbocycles. The van der Waals surface area contributed by atoms with Crippen molar-refractivity contribution in [1.29, 1.82) is 0 Å². The van der Waals surface area contributed by atoms with E-state index in [1.54, 1.807) is 0 Å². The van der Waals surface area contributed by atoms with Crippen molar-refractivity contribution < 1.29 is 9.53 Å². The van der Waals surface area contributed by atoms with Gasteiger partial charge in [-0.05, 0) is 56.5 Å². The molecule has 2 rings (SSSR count). The molecule has 0 unspecified atom stereocenters. The third kappa shape index (κ3) is 3.67. The Balaban J connectivity index is 2.12. The highest BCUT2D eigenvalue weighted by Gasteiger charge is 2.11. The van der Waals surface area contributed by atoms with Crippen LogP contribution in [0.3, 0.4) is 0 Å². The van der Waals surface area contributed by atoms with Gasteiger partial charge in [0.2, 0.25) is 0 Å². The molecule has 0 aliphatic heterocycles. The van der Waals surface area contributed by atoms with Crippen molar-refractivity contribution in [2.45, 2.75) is 34.2 Å². The Labute approximate surface area is 132 Å². The average Bonchev–Trinajstić information content (AvgIpc) is 2.50. The van der Waals surface area contributed by atoms with Crippen molar-refractivity contribution >= 4 is 5.91 Å². The van der Waals surface area contributed by atoms with Crippen molar-refractivity contribution in [3.05, 3.63) is 64.2 Å². The minimum Gasteiger partial charge on any atom is -0.494 e. The van der Waals surface area contributed by atoms with E-state index in [1.807, 2.05) is 51.1 Å². The van der Waals surface area contributed by atoms with Crippen LogP contribution in [0.25, 0.3) is 0 Å². The third-order valence-electron chi connectivity index (χ3n) is 3.80. The third-order valence-corrected chi connectivity index (χ3v) is 3.80. The number of amides is 1. The second kappa shape index (κ2) is 7.12. The lowest BCUT2D eigenvalue weighted by Gasteiger charge is -2.13. The Kier molecular flexibility index (Phi) is 5.21. The number of hydrogen-bond acceptors (Lipinski definition) is 2. The monoisotopic (exact) mass is 297 g/mol. The average molecular weight is 297 g/mol. The summed E-state index contributed by atoms with van der Waals surface area (Å²) in [5, 5.41) is 2.98. The van der Waals surface area contributed by atoms with Gasteiger partial charge in [0.25, 0.3) is 5.91 Å². The molecule has 1 N–H and O–H groups in total. The number of carbonyl (C=O) groups excluding carboxylic acids is 1. The molecule has 0 aromatic heterocycles. The van der Waals surface area contributed by atoms with E-state index >= 15 is 0 Å². The zero-order valence-electron chi connectivity index (χ0n) is 13.7. The molecule has 1 amide bonds. The maximum absolute atomic E-state index is 12.4. The van der Waals surface area contributed by atoms with Gasteiger partial charge in [0.1, 0.15) is 5.75 Å². The SMILES string of the molecule is CCOc1ccccc1CNC(=O)c1cc(C)c(C)cc1C. The summed E-state index contributed by atoms with van der Waals surface area (Å²) in [5.74, 6) is 0.772. The molecule has 0 saturated heterocycles. The predicted molar refractivity (Wildman–Crippen MR) is 89.4 cm³/mol. The summed E-state index contributed by atoms with van der Waals surface area (Å²) in [7, 11) is 0. The lowest BCUT2D eigenvalue weighted by atomic mass is 10.0. The zero-order valence-corrected chi connectivity index (χ0v) is 13.7. The topological polar surface area (TPSA) is 38.3 Å². The smallest absolute Gasteiger partial charge is 0.251 e. The van der Waals surface area contributed by atoms with Gasteiger partial charge >= 0.3 is 0 Å². The largest absolute Gasteiger partial charge is 0.494 e. The molecule has 0 radical (unpaired) electrons. The Morgan fingerprint density at radius 3 is 2.45 bits per heavy atom. The van der Waals surface area contributed by atoms with Crippen LogP contribution >= 0.6 is 0 Å². The van der Waals surface area contributed by atoms with Crippen LogP contribution < -0.4 is 10.1 Å². The number of para-hydroxylation sites is 1. The van der Waals surface area contributed by atoms with E-state index in [1.165, 1.54) is 5.56 Å². The number of rotatable bonds is 5. The number of nitrogens with one attached hydrogen (secondary N) is 1. The second-order valence-electron chi connectivity index (χ2n) is 5.47. The number of aryl methyl sites for hydroxylation is 3. The predicted octanol–water partition coefficient (Wildman–Crippen LogP) is 3.94. The molecule has 0 bridgehead atoms. The summed E-state index contributed by atoms with van der Waals surface area (Å²) in [4.78, 5) is 12.4. The quantitative estimate of drug-likeness (QED) is 0.907. The van der Waals surface area contributed by atoms with Gasteiger partial charge < -0.3 is 10.1 Å². The first-order chi connectivity index (χ1) is 10.5. The molecular weight excluding hydrogens is 274 g/mol. The Morgan fingerprint density at radius 1 is 1.05 bits per heavy atom. The van der Waals surface area contributed by atoms with Gasteiger partial charge in [0.05, 0.1) is 6.61 Å². The van der Waals surface area contributed by atoms with E-state index in [0.717, 1.165) is 28.0 Å². The van der Waals surface area contributed by atoms with Gasteiger partial charge in [0, 0.05) is 17.7 Å². The van der Waals surface area contributed by atoms with Crippen LogP contribution in [0.15, 0.2) is 36.4 Å². The molecule has 3 nitrogen and oxygen atoms in total. The van der Waals surface area contributed by atoms with Crippen molar-refractivity contribution in [3.8, 4) is 5.75 Å².